The molecule has 1 atom stereocenters. The van der Waals surface area contributed by atoms with Crippen LogP contribution in [-0.2, 0) is 22.6 Å². The standard InChI is InChI=1S/C31H36N6O2.CH4/c1-22(38)33-15-17-37-28-9-3-2-7-25(28)18-29(37)26-8-5-16-36(21-26)30(39)10-4-6-23-11-13-24(14-12-23)27-19-34-31(32)35-20-27;/h2-3,7,9,11-14,18-20,26H,4-6,8,10,15-17,21H2,1H3,(H,33,38)(H2,32,34,35);1H4. The SMILES string of the molecule is C.CC(=O)NCCn1c(C2CCCN(C(=O)CCCc3ccc(-c4cnc(N)nc4)cc3)C2)cc2ccccc21. The van der Waals surface area contributed by atoms with E-state index in [0.29, 0.717) is 13.0 Å². The summed E-state index contributed by atoms with van der Waals surface area (Å²) in [5, 5.41) is 4.12. The highest BCUT2D eigenvalue weighted by molar-refractivity contribution is 5.82. The topological polar surface area (TPSA) is 106 Å². The number of carbonyl (C=O) groups is 2. The van der Waals surface area contributed by atoms with E-state index < -0.39 is 0 Å². The van der Waals surface area contributed by atoms with Crippen LogP contribution in [0.15, 0.2) is 67.0 Å². The van der Waals surface area contributed by atoms with Crippen LogP contribution in [-0.4, -0.2) is 50.9 Å². The van der Waals surface area contributed by atoms with Crippen molar-refractivity contribution in [2.75, 3.05) is 25.4 Å². The highest BCUT2D eigenvalue weighted by atomic mass is 16.2. The van der Waals surface area contributed by atoms with Crippen LogP contribution in [0.3, 0.4) is 0 Å². The molecule has 1 aliphatic heterocycles. The molecule has 3 N–H and O–H groups in total. The molecule has 2 amide bonds. The monoisotopic (exact) mass is 540 g/mol. The Morgan fingerprint density at radius 1 is 1.05 bits per heavy atom. The van der Waals surface area contributed by atoms with Crippen LogP contribution in [0.4, 0.5) is 5.95 Å². The molecule has 40 heavy (non-hydrogen) atoms. The number of benzene rings is 2. The van der Waals surface area contributed by atoms with Gasteiger partial charge in [-0.3, -0.25) is 9.59 Å². The number of nitrogens with zero attached hydrogens (tertiary/aromatic N) is 4. The lowest BCUT2D eigenvalue weighted by molar-refractivity contribution is -0.132. The van der Waals surface area contributed by atoms with Crippen LogP contribution >= 0.6 is 0 Å². The van der Waals surface area contributed by atoms with Crippen LogP contribution < -0.4 is 11.1 Å². The first kappa shape index (κ1) is 28.8. The Morgan fingerprint density at radius 3 is 2.55 bits per heavy atom. The van der Waals surface area contributed by atoms with Gasteiger partial charge in [-0.2, -0.15) is 0 Å². The molecule has 8 nitrogen and oxygen atoms in total. The van der Waals surface area contributed by atoms with Crippen LogP contribution in [0.5, 0.6) is 0 Å². The number of para-hydroxylation sites is 1. The van der Waals surface area contributed by atoms with Crippen molar-refractivity contribution >= 4 is 28.7 Å². The summed E-state index contributed by atoms with van der Waals surface area (Å²) in [7, 11) is 0. The van der Waals surface area contributed by atoms with E-state index in [0.717, 1.165) is 56.4 Å². The van der Waals surface area contributed by atoms with Gasteiger partial charge < -0.3 is 20.5 Å². The van der Waals surface area contributed by atoms with Crippen molar-refractivity contribution in [1.29, 1.82) is 0 Å². The van der Waals surface area contributed by atoms with Crippen molar-refractivity contribution in [2.45, 2.75) is 58.9 Å². The van der Waals surface area contributed by atoms with E-state index in [-0.39, 0.29) is 31.1 Å². The van der Waals surface area contributed by atoms with Crippen molar-refractivity contribution in [3.63, 3.8) is 0 Å². The summed E-state index contributed by atoms with van der Waals surface area (Å²) in [6.45, 7) is 4.42. The molecule has 1 fully saturated rings. The molecule has 0 bridgehead atoms. The minimum atomic E-state index is -0.0187. The predicted molar refractivity (Wildman–Crippen MR) is 161 cm³/mol. The summed E-state index contributed by atoms with van der Waals surface area (Å²) in [6.07, 6.45) is 7.74. The molecule has 3 heterocycles. The van der Waals surface area contributed by atoms with Gasteiger partial charge in [-0.15, -0.1) is 0 Å². The zero-order valence-corrected chi connectivity index (χ0v) is 22.5. The second-order valence-corrected chi connectivity index (χ2v) is 10.3. The third-order valence-corrected chi connectivity index (χ3v) is 7.56. The van der Waals surface area contributed by atoms with Crippen molar-refractivity contribution in [3.8, 4) is 11.1 Å². The third-order valence-electron chi connectivity index (χ3n) is 7.56. The summed E-state index contributed by atoms with van der Waals surface area (Å²) >= 11 is 0. The zero-order chi connectivity index (χ0) is 27.2. The number of aryl methyl sites for hydroxylation is 1. The van der Waals surface area contributed by atoms with Crippen LogP contribution in [0.25, 0.3) is 22.0 Å². The van der Waals surface area contributed by atoms with Crippen LogP contribution in [0.1, 0.15) is 57.2 Å². The van der Waals surface area contributed by atoms with Crippen molar-refractivity contribution in [1.82, 2.24) is 24.8 Å². The molecule has 0 aliphatic carbocycles. The van der Waals surface area contributed by atoms with Gasteiger partial charge >= 0.3 is 0 Å². The Balaban J connectivity index is 0.00000370. The highest BCUT2D eigenvalue weighted by Gasteiger charge is 2.27. The fourth-order valence-corrected chi connectivity index (χ4v) is 5.56. The Kier molecular flexibility index (Phi) is 9.53. The Bertz CT molecular complexity index is 1430. The van der Waals surface area contributed by atoms with Crippen molar-refractivity contribution in [2.24, 2.45) is 0 Å². The number of amides is 2. The molecule has 0 radical (unpaired) electrons. The molecule has 5 rings (SSSR count). The molecular formula is C32H40N6O2. The second-order valence-electron chi connectivity index (χ2n) is 10.3. The highest BCUT2D eigenvalue weighted by Crippen LogP contribution is 2.32. The van der Waals surface area contributed by atoms with E-state index in [1.54, 1.807) is 19.3 Å². The van der Waals surface area contributed by atoms with E-state index in [1.165, 1.54) is 22.2 Å². The van der Waals surface area contributed by atoms with E-state index in [9.17, 15) is 9.59 Å². The van der Waals surface area contributed by atoms with Gasteiger partial charge in [-0.1, -0.05) is 49.9 Å². The zero-order valence-electron chi connectivity index (χ0n) is 22.5. The molecule has 4 aromatic rings. The summed E-state index contributed by atoms with van der Waals surface area (Å²) < 4.78 is 2.32. The number of likely N-dealkylation sites (tertiary alicyclic amines) is 1. The normalized spacial score (nSPS) is 15.0. The molecule has 210 valence electrons. The number of hydrogen-bond donors (Lipinski definition) is 2. The molecule has 0 spiro atoms. The quantitative estimate of drug-likeness (QED) is 0.304. The largest absolute Gasteiger partial charge is 0.368 e. The maximum Gasteiger partial charge on any atom is 0.222 e. The van der Waals surface area contributed by atoms with Crippen molar-refractivity contribution < 1.29 is 9.59 Å². The number of piperidine rings is 1. The average molecular weight is 541 g/mol. The van der Waals surface area contributed by atoms with Gasteiger partial charge in [0.05, 0.1) is 0 Å². The summed E-state index contributed by atoms with van der Waals surface area (Å²) in [5.74, 6) is 0.771. The maximum absolute atomic E-state index is 13.2. The van der Waals surface area contributed by atoms with Gasteiger partial charge in [0.15, 0.2) is 0 Å². The number of nitrogens with one attached hydrogen (secondary N) is 1. The van der Waals surface area contributed by atoms with Crippen LogP contribution in [0.2, 0.25) is 0 Å². The molecule has 0 saturated carbocycles. The number of fused-ring (bicyclic) bond motifs is 1. The number of aromatic nitrogens is 3. The summed E-state index contributed by atoms with van der Waals surface area (Å²) in [6, 6.07) is 19.0. The molecule has 2 aromatic heterocycles. The molecule has 2 aromatic carbocycles. The van der Waals surface area contributed by atoms with Gasteiger partial charge in [0.2, 0.25) is 17.8 Å². The van der Waals surface area contributed by atoms with Gasteiger partial charge in [-0.25, -0.2) is 9.97 Å². The third kappa shape index (κ3) is 6.86. The Hall–Kier alpha value is -4.20. The van der Waals surface area contributed by atoms with Crippen LogP contribution in [0, 0.1) is 0 Å². The molecule has 8 heteroatoms. The number of rotatable bonds is 9. The summed E-state index contributed by atoms with van der Waals surface area (Å²) in [4.78, 5) is 34.8. The van der Waals surface area contributed by atoms with E-state index in [1.807, 2.05) is 4.90 Å². The fraction of sp³-hybridized carbons (Fsp3) is 0.375. The Morgan fingerprint density at radius 2 is 1.80 bits per heavy atom. The summed E-state index contributed by atoms with van der Waals surface area (Å²) in [5.41, 5.74) is 11.2. The van der Waals surface area contributed by atoms with E-state index in [4.69, 9.17) is 5.73 Å². The number of anilines is 1. The first-order valence-corrected chi connectivity index (χ1v) is 13.7. The maximum atomic E-state index is 13.2. The first-order valence-electron chi connectivity index (χ1n) is 13.7. The molecule has 1 unspecified atom stereocenters. The van der Waals surface area contributed by atoms with Crippen molar-refractivity contribution in [3.05, 3.63) is 78.2 Å². The average Bonchev–Trinajstić information content (AvgIpc) is 3.32. The van der Waals surface area contributed by atoms with E-state index >= 15 is 0 Å². The lowest BCUT2D eigenvalue weighted by Gasteiger charge is -2.33. The number of carbonyl (C=O) groups excluding carboxylic acids is 2. The Labute approximate surface area is 236 Å². The lowest BCUT2D eigenvalue weighted by Crippen LogP contribution is -2.39. The first-order chi connectivity index (χ1) is 19.0. The smallest absolute Gasteiger partial charge is 0.222 e. The fourth-order valence-electron chi connectivity index (χ4n) is 5.56. The number of hydrogen-bond acceptors (Lipinski definition) is 5. The molecule has 1 saturated heterocycles. The lowest BCUT2D eigenvalue weighted by atomic mass is 9.94. The minimum Gasteiger partial charge on any atom is -0.368 e. The van der Waals surface area contributed by atoms with Gasteiger partial charge in [0, 0.05) is 74.6 Å². The minimum absolute atomic E-state index is 0. The number of nitrogens with two attached hydrogens (primary N) is 1. The second kappa shape index (κ2) is 13.2. The predicted octanol–water partition coefficient (Wildman–Crippen LogP) is 5.18. The van der Waals surface area contributed by atoms with Gasteiger partial charge in [-0.05, 0) is 54.3 Å². The van der Waals surface area contributed by atoms with E-state index in [2.05, 4.69) is 74.4 Å². The van der Waals surface area contributed by atoms with Gasteiger partial charge in [0.1, 0.15) is 0 Å². The molecule has 1 aliphatic rings. The van der Waals surface area contributed by atoms with Gasteiger partial charge in [0.25, 0.3) is 0 Å². The molecular weight excluding hydrogens is 500 g/mol. The number of nitrogen functional groups attached to an aromatic ring is 1.